The number of carbonyl (C=O) groups excluding carboxylic acids is 1. The van der Waals surface area contributed by atoms with Crippen molar-refractivity contribution in [3.8, 4) is 0 Å². The molecule has 0 radical (unpaired) electrons. The molecule has 2 rings (SSSR count). The Morgan fingerprint density at radius 1 is 1.59 bits per heavy atom. The van der Waals surface area contributed by atoms with Gasteiger partial charge in [0.1, 0.15) is 5.60 Å². The lowest BCUT2D eigenvalue weighted by molar-refractivity contribution is -0.262. The van der Waals surface area contributed by atoms with Crippen LogP contribution in [-0.2, 0) is 19.0 Å². The largest absolute Gasteiger partial charge is 0.469 e. The second-order valence-electron chi connectivity index (χ2n) is 4.74. The first-order valence-corrected chi connectivity index (χ1v) is 6.17. The zero-order chi connectivity index (χ0) is 12.5. The van der Waals surface area contributed by atoms with E-state index in [0.717, 1.165) is 19.3 Å². The number of methoxy groups -OCH3 is 1. The molecule has 17 heavy (non-hydrogen) atoms. The molecule has 0 N–H and O–H groups in total. The van der Waals surface area contributed by atoms with Gasteiger partial charge in [-0.25, -0.2) is 0 Å². The maximum absolute atomic E-state index is 11.9. The van der Waals surface area contributed by atoms with E-state index in [1.54, 1.807) is 6.08 Å². The third-order valence-electron chi connectivity index (χ3n) is 3.84. The third kappa shape index (κ3) is 1.89. The quantitative estimate of drug-likeness (QED) is 0.557. The van der Waals surface area contributed by atoms with Crippen molar-refractivity contribution in [1.29, 1.82) is 0 Å². The Morgan fingerprint density at radius 2 is 2.35 bits per heavy atom. The Kier molecular flexibility index (Phi) is 3.27. The van der Waals surface area contributed by atoms with Gasteiger partial charge in [-0.15, -0.1) is 6.58 Å². The summed E-state index contributed by atoms with van der Waals surface area (Å²) in [7, 11) is 1.41. The summed E-state index contributed by atoms with van der Waals surface area (Å²) in [6.07, 6.45) is 4.95. The van der Waals surface area contributed by atoms with Crippen molar-refractivity contribution in [2.45, 2.75) is 44.0 Å². The topological polar surface area (TPSA) is 44.8 Å². The second kappa shape index (κ2) is 4.42. The monoisotopic (exact) mass is 240 g/mol. The van der Waals surface area contributed by atoms with Crippen molar-refractivity contribution in [2.24, 2.45) is 5.92 Å². The van der Waals surface area contributed by atoms with Crippen LogP contribution in [0.4, 0.5) is 0 Å². The maximum atomic E-state index is 11.9. The van der Waals surface area contributed by atoms with Gasteiger partial charge in [0.15, 0.2) is 5.79 Å². The molecule has 0 aromatic heterocycles. The molecule has 3 atom stereocenters. The van der Waals surface area contributed by atoms with E-state index in [9.17, 15) is 4.79 Å². The molecule has 0 aromatic carbocycles. The summed E-state index contributed by atoms with van der Waals surface area (Å²) < 4.78 is 16.7. The van der Waals surface area contributed by atoms with Crippen LogP contribution < -0.4 is 0 Å². The number of hydrogen-bond donors (Lipinski definition) is 0. The summed E-state index contributed by atoms with van der Waals surface area (Å²) in [4.78, 5) is 11.9. The summed E-state index contributed by atoms with van der Waals surface area (Å²) >= 11 is 0. The molecule has 2 aliphatic heterocycles. The van der Waals surface area contributed by atoms with Crippen molar-refractivity contribution >= 4 is 5.97 Å². The highest BCUT2D eigenvalue weighted by atomic mass is 16.7. The Hall–Kier alpha value is -0.870. The van der Waals surface area contributed by atoms with E-state index in [1.165, 1.54) is 7.11 Å². The van der Waals surface area contributed by atoms with Crippen LogP contribution in [0, 0.1) is 5.92 Å². The zero-order valence-electron chi connectivity index (χ0n) is 10.5. The fraction of sp³-hybridized carbons (Fsp3) is 0.769. The van der Waals surface area contributed by atoms with Gasteiger partial charge in [0, 0.05) is 19.4 Å². The van der Waals surface area contributed by atoms with Gasteiger partial charge in [-0.2, -0.15) is 0 Å². The number of esters is 1. The highest BCUT2D eigenvalue weighted by molar-refractivity contribution is 5.75. The first kappa shape index (κ1) is 12.6. The van der Waals surface area contributed by atoms with E-state index in [1.807, 2.05) is 6.92 Å². The lowest BCUT2D eigenvalue weighted by Gasteiger charge is -2.38. The van der Waals surface area contributed by atoms with Gasteiger partial charge in [-0.3, -0.25) is 4.79 Å². The molecule has 0 amide bonds. The Balaban J connectivity index is 2.29. The third-order valence-corrected chi connectivity index (χ3v) is 3.84. The van der Waals surface area contributed by atoms with Gasteiger partial charge in [0.2, 0.25) is 0 Å². The van der Waals surface area contributed by atoms with Crippen LogP contribution in [0.15, 0.2) is 12.7 Å². The number of hydrogen-bond acceptors (Lipinski definition) is 4. The van der Waals surface area contributed by atoms with E-state index < -0.39 is 11.4 Å². The molecule has 0 aromatic rings. The maximum Gasteiger partial charge on any atom is 0.312 e. The average Bonchev–Trinajstić information content (AvgIpc) is 2.57. The van der Waals surface area contributed by atoms with Gasteiger partial charge in [0.05, 0.1) is 13.0 Å². The molecule has 96 valence electrons. The predicted molar refractivity (Wildman–Crippen MR) is 62.3 cm³/mol. The van der Waals surface area contributed by atoms with E-state index >= 15 is 0 Å². The first-order chi connectivity index (χ1) is 8.11. The van der Waals surface area contributed by atoms with E-state index in [2.05, 4.69) is 6.58 Å². The fourth-order valence-corrected chi connectivity index (χ4v) is 3.09. The van der Waals surface area contributed by atoms with Crippen molar-refractivity contribution < 1.29 is 19.0 Å². The van der Waals surface area contributed by atoms with Crippen molar-refractivity contribution in [2.75, 3.05) is 13.7 Å². The van der Waals surface area contributed by atoms with E-state index in [-0.39, 0.29) is 11.9 Å². The number of ether oxygens (including phenoxy) is 3. The molecule has 0 unspecified atom stereocenters. The van der Waals surface area contributed by atoms with Gasteiger partial charge < -0.3 is 14.2 Å². The van der Waals surface area contributed by atoms with Crippen LogP contribution in [0.3, 0.4) is 0 Å². The molecule has 4 nitrogen and oxygen atoms in total. The summed E-state index contributed by atoms with van der Waals surface area (Å²) in [5.74, 6) is -1.13. The molecule has 2 heterocycles. The normalized spacial score (nSPS) is 40.0. The Morgan fingerprint density at radius 3 is 2.94 bits per heavy atom. The molecule has 2 saturated heterocycles. The minimum Gasteiger partial charge on any atom is -0.469 e. The molecule has 2 fully saturated rings. The molecule has 2 bridgehead atoms. The SMILES string of the molecule is C=C[C@]12CCC[C@](OCC)(C[C@H]1C(=O)OC)O2. The molecular formula is C13H20O4. The van der Waals surface area contributed by atoms with Gasteiger partial charge in [-0.1, -0.05) is 6.08 Å². The van der Waals surface area contributed by atoms with Crippen molar-refractivity contribution in [3.63, 3.8) is 0 Å². The lowest BCUT2D eigenvalue weighted by Crippen LogP contribution is -2.43. The summed E-state index contributed by atoms with van der Waals surface area (Å²) in [6, 6.07) is 0. The van der Waals surface area contributed by atoms with E-state index in [0.29, 0.717) is 13.0 Å². The first-order valence-electron chi connectivity index (χ1n) is 6.17. The fourth-order valence-electron chi connectivity index (χ4n) is 3.09. The predicted octanol–water partition coefficient (Wildman–Crippen LogP) is 2.04. The van der Waals surface area contributed by atoms with Crippen LogP contribution in [-0.4, -0.2) is 31.1 Å². The van der Waals surface area contributed by atoms with Crippen LogP contribution in [0.5, 0.6) is 0 Å². The van der Waals surface area contributed by atoms with Crippen LogP contribution >= 0.6 is 0 Å². The summed E-state index contributed by atoms with van der Waals surface area (Å²) in [5.41, 5.74) is -0.597. The minimum atomic E-state index is -0.611. The number of carbonyl (C=O) groups is 1. The summed E-state index contributed by atoms with van der Waals surface area (Å²) in [5, 5.41) is 0. The minimum absolute atomic E-state index is 0.228. The molecule has 4 heteroatoms. The van der Waals surface area contributed by atoms with Gasteiger partial charge >= 0.3 is 5.97 Å². The average molecular weight is 240 g/mol. The van der Waals surface area contributed by atoms with Crippen molar-refractivity contribution in [1.82, 2.24) is 0 Å². The number of rotatable bonds is 4. The van der Waals surface area contributed by atoms with Gasteiger partial charge in [0.25, 0.3) is 0 Å². The van der Waals surface area contributed by atoms with Crippen LogP contribution in [0.25, 0.3) is 0 Å². The van der Waals surface area contributed by atoms with Crippen LogP contribution in [0.1, 0.15) is 32.6 Å². The second-order valence-corrected chi connectivity index (χ2v) is 4.74. The van der Waals surface area contributed by atoms with E-state index in [4.69, 9.17) is 14.2 Å². The highest BCUT2D eigenvalue weighted by Crippen LogP contribution is 2.53. The van der Waals surface area contributed by atoms with Gasteiger partial charge in [-0.05, 0) is 19.8 Å². The highest BCUT2D eigenvalue weighted by Gasteiger charge is 2.60. The smallest absolute Gasteiger partial charge is 0.312 e. The standard InChI is InChI=1S/C13H20O4/c1-4-12-7-6-8-13(17-12,16-5-2)9-10(12)11(14)15-3/h4,10H,1,5-9H2,2-3H3/t10-,12-,13+/m0/s1. The summed E-state index contributed by atoms with van der Waals surface area (Å²) in [6.45, 7) is 6.35. The Labute approximate surface area is 102 Å². The zero-order valence-corrected chi connectivity index (χ0v) is 10.5. The molecule has 2 aliphatic rings. The molecule has 0 aliphatic carbocycles. The Bertz CT molecular complexity index is 323. The number of fused-ring (bicyclic) bond motifs is 2. The molecule has 0 spiro atoms. The molecule has 0 saturated carbocycles. The van der Waals surface area contributed by atoms with Crippen LogP contribution in [0.2, 0.25) is 0 Å². The van der Waals surface area contributed by atoms with Crippen molar-refractivity contribution in [3.05, 3.63) is 12.7 Å². The molecular weight excluding hydrogens is 220 g/mol. The lowest BCUT2D eigenvalue weighted by atomic mass is 9.85.